The van der Waals surface area contributed by atoms with Crippen molar-refractivity contribution in [3.8, 4) is 17.2 Å². The molecule has 0 spiro atoms. The van der Waals surface area contributed by atoms with Gasteiger partial charge in [0.2, 0.25) is 5.95 Å². The van der Waals surface area contributed by atoms with Crippen LogP contribution in [0.15, 0.2) is 29.2 Å². The number of amides is 2. The van der Waals surface area contributed by atoms with Crippen LogP contribution in [0.5, 0.6) is 0 Å². The summed E-state index contributed by atoms with van der Waals surface area (Å²) in [4.78, 5) is 34.0. The third-order valence-electron chi connectivity index (χ3n) is 5.88. The minimum atomic E-state index is -0.756. The van der Waals surface area contributed by atoms with Gasteiger partial charge in [-0.15, -0.1) is 0 Å². The maximum absolute atomic E-state index is 14.7. The van der Waals surface area contributed by atoms with Gasteiger partial charge in [-0.05, 0) is 31.0 Å². The average molecular weight is 449 g/mol. The Morgan fingerprint density at radius 1 is 1.21 bits per heavy atom. The number of aromatic nitrogens is 3. The summed E-state index contributed by atoms with van der Waals surface area (Å²) < 4.78 is 16.0. The van der Waals surface area contributed by atoms with Crippen molar-refractivity contribution in [2.24, 2.45) is 7.05 Å². The van der Waals surface area contributed by atoms with Gasteiger partial charge in [-0.1, -0.05) is 19.3 Å². The van der Waals surface area contributed by atoms with Gasteiger partial charge in [0.05, 0.1) is 17.3 Å². The number of carbonyl (C=O) groups excluding carboxylic acids is 1. The molecule has 0 bridgehead atoms. The Balaban J connectivity index is 1.74. The molecule has 1 aromatic carbocycles. The van der Waals surface area contributed by atoms with Crippen LogP contribution in [0.4, 0.5) is 20.8 Å². The number of halogens is 1. The fraction of sp³-hybridized carbons (Fsp3) is 0.348. The van der Waals surface area contributed by atoms with Gasteiger partial charge in [0.1, 0.15) is 11.5 Å². The molecule has 1 aliphatic rings. The summed E-state index contributed by atoms with van der Waals surface area (Å²) in [6.07, 6.45) is 6.58. The molecule has 0 unspecified atom stereocenters. The van der Waals surface area contributed by atoms with Crippen molar-refractivity contribution in [1.82, 2.24) is 19.9 Å². The first-order valence-corrected chi connectivity index (χ1v) is 10.8. The summed E-state index contributed by atoms with van der Waals surface area (Å²) in [7, 11) is 3.23. The standard InChI is InChI=1S/C23H24FN7O2/c1-26-22-27-12-14-8-17(21(32)31(2)20(14)30-22)16-10-19(18(24)9-13(16)11-25)29-23(33)28-15-6-4-3-5-7-15/h8-10,12,15H,3-7H2,1-2H3,(H,26,27,30)(H2,28,29,33). The van der Waals surface area contributed by atoms with Crippen LogP contribution in [-0.2, 0) is 7.05 Å². The second kappa shape index (κ2) is 9.24. The molecule has 9 nitrogen and oxygen atoms in total. The quantitative estimate of drug-likeness (QED) is 0.560. The number of nitrogens with zero attached hydrogens (tertiary/aromatic N) is 4. The SMILES string of the molecule is CNc1ncc2cc(-c3cc(NC(=O)NC4CCCCC4)c(F)cc3C#N)c(=O)n(C)c2n1. The van der Waals surface area contributed by atoms with Crippen molar-refractivity contribution < 1.29 is 9.18 Å². The van der Waals surface area contributed by atoms with Crippen LogP contribution in [-0.4, -0.2) is 33.7 Å². The van der Waals surface area contributed by atoms with Gasteiger partial charge < -0.3 is 16.0 Å². The van der Waals surface area contributed by atoms with Crippen molar-refractivity contribution in [1.29, 1.82) is 5.26 Å². The van der Waals surface area contributed by atoms with Crippen LogP contribution < -0.4 is 21.5 Å². The fourth-order valence-electron chi connectivity index (χ4n) is 4.14. The topological polar surface area (TPSA) is 125 Å². The molecule has 170 valence electrons. The molecule has 2 amide bonds. The van der Waals surface area contributed by atoms with Gasteiger partial charge in [-0.3, -0.25) is 9.36 Å². The van der Waals surface area contributed by atoms with Crippen molar-refractivity contribution in [3.63, 3.8) is 0 Å². The number of pyridine rings is 1. The van der Waals surface area contributed by atoms with Crippen LogP contribution in [0.1, 0.15) is 37.7 Å². The number of rotatable bonds is 4. The number of nitriles is 1. The average Bonchev–Trinajstić information content (AvgIpc) is 2.83. The molecule has 4 rings (SSSR count). The van der Waals surface area contributed by atoms with E-state index in [0.29, 0.717) is 17.0 Å². The summed E-state index contributed by atoms with van der Waals surface area (Å²) >= 11 is 0. The summed E-state index contributed by atoms with van der Waals surface area (Å²) in [5.74, 6) is -0.395. The lowest BCUT2D eigenvalue weighted by molar-refractivity contribution is 0.244. The Hall–Kier alpha value is -4.00. The summed E-state index contributed by atoms with van der Waals surface area (Å²) in [6, 6.07) is 5.38. The van der Waals surface area contributed by atoms with E-state index in [9.17, 15) is 19.2 Å². The largest absolute Gasteiger partial charge is 0.357 e. The van der Waals surface area contributed by atoms with Crippen molar-refractivity contribution in [2.75, 3.05) is 17.7 Å². The molecule has 1 saturated carbocycles. The first-order chi connectivity index (χ1) is 15.9. The molecule has 0 aliphatic heterocycles. The highest BCUT2D eigenvalue weighted by atomic mass is 19.1. The minimum Gasteiger partial charge on any atom is -0.357 e. The lowest BCUT2D eigenvalue weighted by Gasteiger charge is -2.23. The Kier molecular flexibility index (Phi) is 6.22. The summed E-state index contributed by atoms with van der Waals surface area (Å²) in [5, 5.41) is 18.4. The van der Waals surface area contributed by atoms with Gasteiger partial charge in [0.15, 0.2) is 0 Å². The van der Waals surface area contributed by atoms with E-state index in [-0.39, 0.29) is 28.4 Å². The number of aryl methyl sites for hydroxylation is 1. The number of nitrogens with one attached hydrogen (secondary N) is 3. The molecule has 1 aliphatic carbocycles. The van der Waals surface area contributed by atoms with Crippen LogP contribution in [0, 0.1) is 17.1 Å². The molecular formula is C23H24FN7O2. The second-order valence-corrected chi connectivity index (χ2v) is 8.07. The molecule has 3 aromatic rings. The highest BCUT2D eigenvalue weighted by molar-refractivity contribution is 5.91. The number of anilines is 2. The molecule has 1 fully saturated rings. The van der Waals surface area contributed by atoms with Crippen LogP contribution >= 0.6 is 0 Å². The van der Waals surface area contributed by atoms with Crippen LogP contribution in [0.25, 0.3) is 22.2 Å². The maximum Gasteiger partial charge on any atom is 0.319 e. The predicted molar refractivity (Wildman–Crippen MR) is 123 cm³/mol. The molecule has 10 heteroatoms. The van der Waals surface area contributed by atoms with Crippen molar-refractivity contribution in [3.05, 3.63) is 46.1 Å². The Labute approximate surface area is 189 Å². The molecule has 0 atom stereocenters. The first-order valence-electron chi connectivity index (χ1n) is 10.8. The van der Waals surface area contributed by atoms with Crippen molar-refractivity contribution >= 4 is 28.7 Å². The number of fused-ring (bicyclic) bond motifs is 1. The summed E-state index contributed by atoms with van der Waals surface area (Å²) in [5.41, 5.74) is 0.263. The van der Waals surface area contributed by atoms with E-state index >= 15 is 0 Å². The molecule has 2 heterocycles. The maximum atomic E-state index is 14.7. The van der Waals surface area contributed by atoms with E-state index in [4.69, 9.17) is 0 Å². The predicted octanol–water partition coefficient (Wildman–Crippen LogP) is 3.50. The molecule has 2 aromatic heterocycles. The zero-order valence-corrected chi connectivity index (χ0v) is 18.4. The molecule has 33 heavy (non-hydrogen) atoms. The van der Waals surface area contributed by atoms with Gasteiger partial charge in [-0.2, -0.15) is 10.2 Å². The van der Waals surface area contributed by atoms with Gasteiger partial charge >= 0.3 is 6.03 Å². The first kappa shape index (κ1) is 22.2. The van der Waals surface area contributed by atoms with Gasteiger partial charge in [0, 0.05) is 42.8 Å². The number of urea groups is 1. The molecule has 0 saturated heterocycles. The Morgan fingerprint density at radius 2 is 1.97 bits per heavy atom. The number of hydrogen-bond donors (Lipinski definition) is 3. The number of benzene rings is 1. The van der Waals surface area contributed by atoms with E-state index < -0.39 is 17.4 Å². The fourth-order valence-corrected chi connectivity index (χ4v) is 4.14. The van der Waals surface area contributed by atoms with Crippen molar-refractivity contribution in [2.45, 2.75) is 38.1 Å². The van der Waals surface area contributed by atoms with Gasteiger partial charge in [0.25, 0.3) is 5.56 Å². The van der Waals surface area contributed by atoms with E-state index in [1.807, 2.05) is 6.07 Å². The summed E-state index contributed by atoms with van der Waals surface area (Å²) in [6.45, 7) is 0. The Morgan fingerprint density at radius 3 is 2.67 bits per heavy atom. The minimum absolute atomic E-state index is 0.0186. The van der Waals surface area contributed by atoms with Crippen LogP contribution in [0.3, 0.4) is 0 Å². The van der Waals surface area contributed by atoms with E-state index in [1.54, 1.807) is 26.4 Å². The highest BCUT2D eigenvalue weighted by Gasteiger charge is 2.20. The third kappa shape index (κ3) is 4.48. The number of hydrogen-bond acceptors (Lipinski definition) is 6. The third-order valence-corrected chi connectivity index (χ3v) is 5.88. The van der Waals surface area contributed by atoms with Gasteiger partial charge in [-0.25, -0.2) is 14.2 Å². The normalized spacial score (nSPS) is 14.0. The number of carbonyl (C=O) groups is 1. The zero-order valence-electron chi connectivity index (χ0n) is 18.4. The van der Waals surface area contributed by atoms with E-state index in [2.05, 4.69) is 25.9 Å². The van der Waals surface area contributed by atoms with Crippen LogP contribution in [0.2, 0.25) is 0 Å². The van der Waals surface area contributed by atoms with E-state index in [1.165, 1.54) is 10.6 Å². The lowest BCUT2D eigenvalue weighted by Crippen LogP contribution is -2.39. The monoisotopic (exact) mass is 449 g/mol. The van der Waals surface area contributed by atoms with E-state index in [0.717, 1.165) is 38.2 Å². The highest BCUT2D eigenvalue weighted by Crippen LogP contribution is 2.29. The molecule has 0 radical (unpaired) electrons. The Bertz CT molecular complexity index is 1320. The smallest absolute Gasteiger partial charge is 0.319 e. The molecule has 3 N–H and O–H groups in total. The molecular weight excluding hydrogens is 425 g/mol. The lowest BCUT2D eigenvalue weighted by atomic mass is 9.96. The second-order valence-electron chi connectivity index (χ2n) is 8.07. The zero-order chi connectivity index (χ0) is 23.5.